The number of nitrogens with two attached hydrogens (primary N) is 1. The van der Waals surface area contributed by atoms with Crippen molar-refractivity contribution in [1.82, 2.24) is 20.3 Å². The molecule has 0 aromatic carbocycles. The van der Waals surface area contributed by atoms with Gasteiger partial charge in [0, 0.05) is 37.1 Å². The van der Waals surface area contributed by atoms with Gasteiger partial charge in [-0.3, -0.25) is 0 Å². The van der Waals surface area contributed by atoms with Crippen molar-refractivity contribution in [2.75, 3.05) is 31.2 Å². The fraction of sp³-hybridized carbons (Fsp3) is 0.292. The number of aromatic nitrogens is 3. The van der Waals surface area contributed by atoms with Gasteiger partial charge in [-0.1, -0.05) is 19.2 Å². The van der Waals surface area contributed by atoms with E-state index in [-0.39, 0.29) is 0 Å². The Bertz CT molecular complexity index is 1230. The van der Waals surface area contributed by atoms with E-state index in [2.05, 4.69) is 28.4 Å². The van der Waals surface area contributed by atoms with Crippen LogP contribution in [-0.2, 0) is 11.3 Å². The van der Waals surface area contributed by atoms with Crippen LogP contribution in [0.5, 0.6) is 0 Å². The number of allylic oxidation sites excluding steroid dienone is 4. The lowest BCUT2D eigenvalue weighted by Crippen LogP contribution is -2.37. The van der Waals surface area contributed by atoms with Crippen LogP contribution < -0.4 is 16.0 Å². The number of rotatable bonds is 7. The fourth-order valence-corrected chi connectivity index (χ4v) is 3.87. The average Bonchev–Trinajstić information content (AvgIpc) is 3.20. The highest BCUT2D eigenvalue weighted by Gasteiger charge is 2.24. The summed E-state index contributed by atoms with van der Waals surface area (Å²) in [6.45, 7) is 14.7. The van der Waals surface area contributed by atoms with E-state index in [1.54, 1.807) is 18.5 Å². The molecule has 1 saturated heterocycles. The van der Waals surface area contributed by atoms with Crippen LogP contribution in [0.25, 0.3) is 27.8 Å². The molecule has 0 saturated carbocycles. The molecule has 166 valence electrons. The van der Waals surface area contributed by atoms with Crippen molar-refractivity contribution < 1.29 is 9.15 Å². The minimum Gasteiger partial charge on any atom is -0.432 e. The number of morpholine rings is 1. The zero-order chi connectivity index (χ0) is 22.7. The maximum atomic E-state index is 6.14. The number of ether oxygens (including phenoxy) is 1. The van der Waals surface area contributed by atoms with E-state index >= 15 is 0 Å². The first-order valence-corrected chi connectivity index (χ1v) is 10.6. The highest BCUT2D eigenvalue weighted by molar-refractivity contribution is 6.05. The van der Waals surface area contributed by atoms with Gasteiger partial charge < -0.3 is 25.1 Å². The largest absolute Gasteiger partial charge is 0.432 e. The topological polar surface area (TPSA) is 102 Å². The molecule has 4 rings (SSSR count). The monoisotopic (exact) mass is 432 g/mol. The molecule has 1 fully saturated rings. The van der Waals surface area contributed by atoms with E-state index in [0.717, 1.165) is 52.2 Å². The summed E-state index contributed by atoms with van der Waals surface area (Å²) in [7, 11) is 0. The molecule has 0 aliphatic carbocycles. The zero-order valence-electron chi connectivity index (χ0n) is 18.5. The average molecular weight is 433 g/mol. The highest BCUT2D eigenvalue weighted by Crippen LogP contribution is 2.35. The summed E-state index contributed by atoms with van der Waals surface area (Å²) < 4.78 is 11.7. The number of nitrogens with zero attached hydrogens (tertiary/aromatic N) is 4. The summed E-state index contributed by atoms with van der Waals surface area (Å²) in [5.41, 5.74) is 11.3. The van der Waals surface area contributed by atoms with Crippen LogP contribution in [0.4, 0.5) is 5.82 Å². The first kappa shape index (κ1) is 21.7. The quantitative estimate of drug-likeness (QED) is 0.545. The Morgan fingerprint density at radius 2 is 2.06 bits per heavy atom. The molecule has 3 aromatic heterocycles. The number of hydrogen-bond donors (Lipinski definition) is 2. The van der Waals surface area contributed by atoms with Gasteiger partial charge in [0.1, 0.15) is 5.52 Å². The first-order valence-electron chi connectivity index (χ1n) is 10.6. The molecular formula is C24H28N6O2. The third-order valence-corrected chi connectivity index (χ3v) is 5.55. The Morgan fingerprint density at radius 1 is 1.28 bits per heavy atom. The number of hydrogen-bond acceptors (Lipinski definition) is 8. The number of pyridine rings is 1. The normalized spacial score (nSPS) is 15.7. The molecule has 0 radical (unpaired) electrons. The lowest BCUT2D eigenvalue weighted by Gasteiger charge is -2.28. The number of anilines is 1. The molecular weight excluding hydrogens is 404 g/mol. The Kier molecular flexibility index (Phi) is 6.34. The van der Waals surface area contributed by atoms with Crippen molar-refractivity contribution in [3.05, 3.63) is 66.4 Å². The van der Waals surface area contributed by atoms with Crippen molar-refractivity contribution in [3.8, 4) is 0 Å². The molecule has 3 N–H and O–H groups in total. The van der Waals surface area contributed by atoms with Crippen LogP contribution in [0.15, 0.2) is 59.5 Å². The van der Waals surface area contributed by atoms with Crippen molar-refractivity contribution in [2.24, 2.45) is 5.73 Å². The van der Waals surface area contributed by atoms with Gasteiger partial charge in [0.05, 0.1) is 18.6 Å². The Labute approximate surface area is 187 Å². The third kappa shape index (κ3) is 3.90. The van der Waals surface area contributed by atoms with E-state index in [9.17, 15) is 0 Å². The summed E-state index contributed by atoms with van der Waals surface area (Å²) in [5, 5.41) is 3.96. The fourth-order valence-electron chi connectivity index (χ4n) is 3.87. The lowest BCUT2D eigenvalue weighted by molar-refractivity contribution is 0.122. The molecule has 0 atom stereocenters. The smallest absolute Gasteiger partial charge is 0.229 e. The van der Waals surface area contributed by atoms with Crippen molar-refractivity contribution in [1.29, 1.82) is 0 Å². The van der Waals surface area contributed by atoms with Crippen molar-refractivity contribution in [2.45, 2.75) is 20.4 Å². The molecule has 8 heteroatoms. The maximum absolute atomic E-state index is 6.14. The van der Waals surface area contributed by atoms with Gasteiger partial charge in [0.15, 0.2) is 17.2 Å². The molecule has 32 heavy (non-hydrogen) atoms. The Hall–Kier alpha value is -3.49. The van der Waals surface area contributed by atoms with Crippen LogP contribution in [-0.4, -0.2) is 41.3 Å². The van der Waals surface area contributed by atoms with Crippen LogP contribution >= 0.6 is 0 Å². The first-order chi connectivity index (χ1) is 15.6. The van der Waals surface area contributed by atoms with Gasteiger partial charge >= 0.3 is 0 Å². The number of furan rings is 1. The minimum atomic E-state index is 0.391. The Morgan fingerprint density at radius 3 is 2.72 bits per heavy atom. The van der Waals surface area contributed by atoms with Crippen molar-refractivity contribution >= 4 is 33.6 Å². The second kappa shape index (κ2) is 9.33. The maximum Gasteiger partial charge on any atom is 0.229 e. The van der Waals surface area contributed by atoms with Crippen LogP contribution in [0.3, 0.4) is 0 Å². The van der Waals surface area contributed by atoms with E-state index in [4.69, 9.17) is 24.9 Å². The minimum absolute atomic E-state index is 0.391. The van der Waals surface area contributed by atoms with E-state index in [1.165, 1.54) is 0 Å². The Balaban J connectivity index is 1.99. The van der Waals surface area contributed by atoms with E-state index < -0.39 is 0 Å². The predicted molar refractivity (Wildman–Crippen MR) is 128 cm³/mol. The molecule has 0 amide bonds. The summed E-state index contributed by atoms with van der Waals surface area (Å²) in [6.07, 6.45) is 7.11. The summed E-state index contributed by atoms with van der Waals surface area (Å²) in [6, 6.07) is 1.99. The van der Waals surface area contributed by atoms with Gasteiger partial charge in [-0.2, -0.15) is 0 Å². The van der Waals surface area contributed by atoms with Gasteiger partial charge in [-0.15, -0.1) is 0 Å². The highest BCUT2D eigenvalue weighted by atomic mass is 16.5. The van der Waals surface area contributed by atoms with Gasteiger partial charge in [-0.25, -0.2) is 15.0 Å². The van der Waals surface area contributed by atoms with Crippen molar-refractivity contribution in [3.63, 3.8) is 0 Å². The summed E-state index contributed by atoms with van der Waals surface area (Å²) in [5.74, 6) is 1.34. The van der Waals surface area contributed by atoms with Crippen LogP contribution in [0, 0.1) is 0 Å². The molecule has 1 aliphatic rings. The SMILES string of the molecule is C=CN/C(C=C)=C(C)/C(=C\C)c1nc(N2CCOCC2)c2oc3ncc(CN)cc3c2n1. The number of fused-ring (bicyclic) bond motifs is 3. The zero-order valence-corrected chi connectivity index (χ0v) is 18.5. The van der Waals surface area contributed by atoms with Crippen LogP contribution in [0.1, 0.15) is 25.2 Å². The lowest BCUT2D eigenvalue weighted by atomic mass is 10.0. The molecule has 0 unspecified atom stereocenters. The van der Waals surface area contributed by atoms with E-state index in [1.807, 2.05) is 26.0 Å². The predicted octanol–water partition coefficient (Wildman–Crippen LogP) is 3.66. The standard InChI is InChI=1S/C24H28N6O2/c1-5-17(15(4)19(6-2)26-7-3)22-28-20-18-12-16(13-25)14-27-24(18)32-21(20)23(29-22)30-8-10-31-11-9-30/h5-7,12,14,26H,2-3,8-11,13,25H2,1,4H3/b17-5+,19-15+. The van der Waals surface area contributed by atoms with Gasteiger partial charge in [-0.05, 0) is 43.3 Å². The molecule has 8 nitrogen and oxygen atoms in total. The third-order valence-electron chi connectivity index (χ3n) is 5.55. The van der Waals surface area contributed by atoms with Crippen LogP contribution in [0.2, 0.25) is 0 Å². The molecule has 0 spiro atoms. The van der Waals surface area contributed by atoms with E-state index in [0.29, 0.717) is 36.9 Å². The number of nitrogens with one attached hydrogen (secondary N) is 1. The molecule has 3 aromatic rings. The second-order valence-corrected chi connectivity index (χ2v) is 7.44. The molecule has 1 aliphatic heterocycles. The van der Waals surface area contributed by atoms with Gasteiger partial charge in [0.25, 0.3) is 0 Å². The summed E-state index contributed by atoms with van der Waals surface area (Å²) >= 11 is 0. The summed E-state index contributed by atoms with van der Waals surface area (Å²) in [4.78, 5) is 16.5. The molecule has 0 bridgehead atoms. The van der Waals surface area contributed by atoms with Gasteiger partial charge in [0.2, 0.25) is 5.71 Å². The molecule has 4 heterocycles. The second-order valence-electron chi connectivity index (χ2n) is 7.44.